The zero-order chi connectivity index (χ0) is 17.4. The SMILES string of the molecule is COC(=O)c1cc(C)sc1NC(=O)[C@H]1[C@@H](C(=O)[O-])[C@H]2C=C[C@@H]1CC2. The van der Waals surface area contributed by atoms with Gasteiger partial charge in [-0.2, -0.15) is 0 Å². The highest BCUT2D eigenvalue weighted by molar-refractivity contribution is 7.16. The highest BCUT2D eigenvalue weighted by Gasteiger charge is 2.45. The van der Waals surface area contributed by atoms with Crippen molar-refractivity contribution in [3.05, 3.63) is 28.7 Å². The lowest BCUT2D eigenvalue weighted by Gasteiger charge is -2.44. The largest absolute Gasteiger partial charge is 0.550 e. The van der Waals surface area contributed by atoms with Crippen molar-refractivity contribution < 1.29 is 24.2 Å². The molecule has 2 bridgehead atoms. The third kappa shape index (κ3) is 2.84. The van der Waals surface area contributed by atoms with Crippen LogP contribution in [0.3, 0.4) is 0 Å². The zero-order valence-electron chi connectivity index (χ0n) is 13.4. The van der Waals surface area contributed by atoms with Gasteiger partial charge in [0.25, 0.3) is 0 Å². The first-order valence-electron chi connectivity index (χ1n) is 7.81. The Balaban J connectivity index is 1.86. The fourth-order valence-corrected chi connectivity index (χ4v) is 4.64. The van der Waals surface area contributed by atoms with Crippen LogP contribution in [0, 0.1) is 30.6 Å². The Morgan fingerprint density at radius 3 is 2.38 bits per heavy atom. The van der Waals surface area contributed by atoms with Crippen LogP contribution in [0.4, 0.5) is 5.00 Å². The molecular weight excluding hydrogens is 330 g/mol. The van der Waals surface area contributed by atoms with Gasteiger partial charge in [0.1, 0.15) is 5.00 Å². The third-order valence-electron chi connectivity index (χ3n) is 4.82. The summed E-state index contributed by atoms with van der Waals surface area (Å²) in [6, 6.07) is 1.65. The van der Waals surface area contributed by atoms with Gasteiger partial charge in [0, 0.05) is 16.8 Å². The molecule has 1 saturated carbocycles. The lowest BCUT2D eigenvalue weighted by Crippen LogP contribution is -2.51. The lowest BCUT2D eigenvalue weighted by molar-refractivity contribution is -0.316. The fourth-order valence-electron chi connectivity index (χ4n) is 3.74. The number of aryl methyl sites for hydroxylation is 1. The summed E-state index contributed by atoms with van der Waals surface area (Å²) >= 11 is 1.27. The third-order valence-corrected chi connectivity index (χ3v) is 5.79. The Labute approximate surface area is 143 Å². The van der Waals surface area contributed by atoms with E-state index < -0.39 is 23.8 Å². The Bertz CT molecular complexity index is 723. The fraction of sp³-hybridized carbons (Fsp3) is 0.471. The van der Waals surface area contributed by atoms with Gasteiger partial charge in [-0.25, -0.2) is 4.79 Å². The molecule has 1 aromatic rings. The minimum Gasteiger partial charge on any atom is -0.550 e. The monoisotopic (exact) mass is 348 g/mol. The number of carboxylic acid groups (broad SMARTS) is 1. The molecule has 6 nitrogen and oxygen atoms in total. The molecule has 4 atom stereocenters. The number of hydrogen-bond acceptors (Lipinski definition) is 6. The topological polar surface area (TPSA) is 95.5 Å². The molecule has 1 amide bonds. The Morgan fingerprint density at radius 1 is 1.21 bits per heavy atom. The molecule has 1 fully saturated rings. The zero-order valence-corrected chi connectivity index (χ0v) is 14.2. The number of hydrogen-bond donors (Lipinski definition) is 1. The van der Waals surface area contributed by atoms with Gasteiger partial charge in [0.2, 0.25) is 5.91 Å². The van der Waals surface area contributed by atoms with Crippen LogP contribution in [0.1, 0.15) is 28.1 Å². The van der Waals surface area contributed by atoms with Crippen molar-refractivity contribution in [2.75, 3.05) is 12.4 Å². The molecular formula is C17H18NO5S-. The van der Waals surface area contributed by atoms with Gasteiger partial charge < -0.3 is 20.0 Å². The number of thiophene rings is 1. The van der Waals surface area contributed by atoms with Crippen LogP contribution < -0.4 is 10.4 Å². The van der Waals surface area contributed by atoms with Gasteiger partial charge >= 0.3 is 5.97 Å². The van der Waals surface area contributed by atoms with E-state index in [1.807, 2.05) is 19.1 Å². The van der Waals surface area contributed by atoms with Gasteiger partial charge in [-0.1, -0.05) is 12.2 Å². The van der Waals surface area contributed by atoms with Gasteiger partial charge in [-0.05, 0) is 37.7 Å². The van der Waals surface area contributed by atoms with Crippen molar-refractivity contribution in [3.8, 4) is 0 Å². The van der Waals surface area contributed by atoms with E-state index in [-0.39, 0.29) is 23.3 Å². The number of ether oxygens (including phenoxy) is 1. The summed E-state index contributed by atoms with van der Waals surface area (Å²) in [6.07, 6.45) is 5.36. The van der Waals surface area contributed by atoms with Crippen molar-refractivity contribution in [1.82, 2.24) is 0 Å². The molecule has 3 aliphatic carbocycles. The number of aliphatic carboxylic acids is 1. The number of rotatable bonds is 4. The van der Waals surface area contributed by atoms with Crippen molar-refractivity contribution >= 4 is 34.2 Å². The standard InChI is InChI=1S/C17H19NO5S/c1-8-7-11(17(22)23-2)15(24-8)18-14(19)12-9-3-5-10(6-4-9)13(12)16(20)21/h3,5,7,9-10,12-13H,4,6H2,1-2H3,(H,18,19)(H,20,21)/p-1/t9-,10+,12-,13+/m1/s1. The molecule has 1 heterocycles. The van der Waals surface area contributed by atoms with Crippen LogP contribution in [0.5, 0.6) is 0 Å². The molecule has 0 spiro atoms. The van der Waals surface area contributed by atoms with Crippen LogP contribution in [0.15, 0.2) is 18.2 Å². The molecule has 0 radical (unpaired) electrons. The minimum absolute atomic E-state index is 0.111. The van der Waals surface area contributed by atoms with E-state index in [1.54, 1.807) is 6.07 Å². The number of nitrogens with one attached hydrogen (secondary N) is 1. The van der Waals surface area contributed by atoms with E-state index in [0.29, 0.717) is 5.00 Å². The predicted octanol–water partition coefficient (Wildman–Crippen LogP) is 1.36. The highest BCUT2D eigenvalue weighted by atomic mass is 32.1. The molecule has 3 aliphatic rings. The molecule has 7 heteroatoms. The number of carbonyl (C=O) groups is 3. The first-order valence-corrected chi connectivity index (χ1v) is 8.62. The normalized spacial score (nSPS) is 27.8. The van der Waals surface area contributed by atoms with Crippen molar-refractivity contribution in [1.29, 1.82) is 0 Å². The molecule has 0 aromatic carbocycles. The van der Waals surface area contributed by atoms with Crippen LogP contribution in [0.2, 0.25) is 0 Å². The minimum atomic E-state index is -1.19. The summed E-state index contributed by atoms with van der Waals surface area (Å²) in [5, 5.41) is 14.7. The summed E-state index contributed by atoms with van der Waals surface area (Å²) in [6.45, 7) is 1.82. The van der Waals surface area contributed by atoms with E-state index in [9.17, 15) is 19.5 Å². The smallest absolute Gasteiger partial charge is 0.340 e. The van der Waals surface area contributed by atoms with Crippen LogP contribution >= 0.6 is 11.3 Å². The summed E-state index contributed by atoms with van der Waals surface area (Å²) in [7, 11) is 1.28. The molecule has 1 aromatic heterocycles. The quantitative estimate of drug-likeness (QED) is 0.655. The van der Waals surface area contributed by atoms with E-state index in [1.165, 1.54) is 18.4 Å². The van der Waals surface area contributed by atoms with Gasteiger partial charge in [0.05, 0.1) is 18.6 Å². The van der Waals surface area contributed by atoms with E-state index >= 15 is 0 Å². The second-order valence-corrected chi connectivity index (χ2v) is 7.50. The molecule has 0 unspecified atom stereocenters. The number of carbonyl (C=O) groups excluding carboxylic acids is 3. The number of methoxy groups -OCH3 is 1. The number of amides is 1. The summed E-state index contributed by atoms with van der Waals surface area (Å²) < 4.78 is 4.73. The number of carboxylic acids is 1. The molecule has 128 valence electrons. The predicted molar refractivity (Wildman–Crippen MR) is 86.4 cm³/mol. The second kappa shape index (κ2) is 6.39. The Hall–Kier alpha value is -2.15. The molecule has 0 aliphatic heterocycles. The lowest BCUT2D eigenvalue weighted by atomic mass is 9.62. The first-order chi connectivity index (χ1) is 11.4. The number of esters is 1. The molecule has 0 saturated heterocycles. The van der Waals surface area contributed by atoms with Crippen molar-refractivity contribution in [2.24, 2.45) is 23.7 Å². The van der Waals surface area contributed by atoms with Gasteiger partial charge in [-0.3, -0.25) is 4.79 Å². The number of fused-ring (bicyclic) bond motifs is 2. The number of anilines is 1. The molecule has 24 heavy (non-hydrogen) atoms. The number of allylic oxidation sites excluding steroid dienone is 2. The van der Waals surface area contributed by atoms with Gasteiger partial charge in [-0.15, -0.1) is 11.3 Å². The summed E-state index contributed by atoms with van der Waals surface area (Å²) in [5.74, 6) is -3.87. The Morgan fingerprint density at radius 2 is 1.83 bits per heavy atom. The average Bonchev–Trinajstić information content (AvgIpc) is 2.94. The highest BCUT2D eigenvalue weighted by Crippen LogP contribution is 2.45. The van der Waals surface area contributed by atoms with E-state index in [0.717, 1.165) is 17.7 Å². The first kappa shape index (κ1) is 16.7. The average molecular weight is 348 g/mol. The van der Waals surface area contributed by atoms with E-state index in [2.05, 4.69) is 5.32 Å². The molecule has 4 rings (SSSR count). The second-order valence-electron chi connectivity index (χ2n) is 6.24. The van der Waals surface area contributed by atoms with E-state index in [4.69, 9.17) is 4.74 Å². The molecule has 1 N–H and O–H groups in total. The van der Waals surface area contributed by atoms with Crippen LogP contribution in [-0.4, -0.2) is 25.0 Å². The maximum absolute atomic E-state index is 12.8. The maximum atomic E-state index is 12.8. The Kier molecular flexibility index (Phi) is 4.45. The van der Waals surface area contributed by atoms with Crippen LogP contribution in [-0.2, 0) is 14.3 Å². The summed E-state index contributed by atoms with van der Waals surface area (Å²) in [4.78, 5) is 37.0. The van der Waals surface area contributed by atoms with Gasteiger partial charge in [0.15, 0.2) is 0 Å². The maximum Gasteiger partial charge on any atom is 0.340 e. The van der Waals surface area contributed by atoms with Crippen LogP contribution in [0.25, 0.3) is 0 Å². The van der Waals surface area contributed by atoms with Crippen molar-refractivity contribution in [3.63, 3.8) is 0 Å². The van der Waals surface area contributed by atoms with Crippen molar-refractivity contribution in [2.45, 2.75) is 19.8 Å². The summed E-state index contributed by atoms with van der Waals surface area (Å²) in [5.41, 5.74) is 0.287.